The molecule has 1 fully saturated rings. The van der Waals surface area contributed by atoms with E-state index in [0.717, 1.165) is 66.6 Å². The molecule has 0 spiro atoms. The monoisotopic (exact) mass is 346 g/mol. The quantitative estimate of drug-likeness (QED) is 0.844. The van der Waals surface area contributed by atoms with Crippen molar-refractivity contribution in [3.8, 4) is 0 Å². The van der Waals surface area contributed by atoms with Crippen LogP contribution in [-0.2, 0) is 25.3 Å². The van der Waals surface area contributed by atoms with E-state index < -0.39 is 0 Å². The van der Waals surface area contributed by atoms with Gasteiger partial charge in [-0.05, 0) is 37.6 Å². The highest BCUT2D eigenvalue weighted by Crippen LogP contribution is 2.23. The second kappa shape index (κ2) is 6.72. The summed E-state index contributed by atoms with van der Waals surface area (Å²) in [7, 11) is 0. The predicted molar refractivity (Wildman–Crippen MR) is 93.0 cm³/mol. The van der Waals surface area contributed by atoms with Crippen LogP contribution in [0.5, 0.6) is 0 Å². The fourth-order valence-corrected chi connectivity index (χ4v) is 4.54. The molecule has 2 aromatic rings. The maximum absolute atomic E-state index is 12.4. The first-order valence-corrected chi connectivity index (χ1v) is 9.68. The van der Waals surface area contributed by atoms with Crippen molar-refractivity contribution in [2.45, 2.75) is 51.1 Å². The molecule has 7 heteroatoms. The Kier molecular flexibility index (Phi) is 4.45. The molecule has 0 aromatic carbocycles. The normalized spacial score (nSPS) is 21.1. The number of aromatic nitrogens is 3. The average Bonchev–Trinajstić information content (AvgIpc) is 3.18. The number of hydrogen-bond acceptors (Lipinski definition) is 6. The van der Waals surface area contributed by atoms with E-state index in [9.17, 15) is 4.79 Å². The molecule has 0 aliphatic carbocycles. The van der Waals surface area contributed by atoms with Gasteiger partial charge in [0.25, 0.3) is 5.56 Å². The van der Waals surface area contributed by atoms with Crippen LogP contribution >= 0.6 is 11.8 Å². The lowest BCUT2D eigenvalue weighted by Crippen LogP contribution is -2.37. The molecule has 1 atom stereocenters. The third kappa shape index (κ3) is 3.28. The van der Waals surface area contributed by atoms with Crippen LogP contribution in [0.3, 0.4) is 0 Å². The van der Waals surface area contributed by atoms with Gasteiger partial charge >= 0.3 is 0 Å². The molecule has 0 saturated carbocycles. The van der Waals surface area contributed by atoms with E-state index in [1.54, 1.807) is 10.7 Å². The van der Waals surface area contributed by atoms with Crippen LogP contribution < -0.4 is 5.56 Å². The number of hydrogen-bond donors (Lipinski definition) is 0. The van der Waals surface area contributed by atoms with Gasteiger partial charge in [-0.15, -0.1) is 0 Å². The van der Waals surface area contributed by atoms with Gasteiger partial charge in [0.05, 0.1) is 24.5 Å². The van der Waals surface area contributed by atoms with E-state index in [1.807, 2.05) is 24.8 Å². The number of aryl methyl sites for hydroxylation is 2. The number of thioether (sulfide) groups is 1. The van der Waals surface area contributed by atoms with Crippen LogP contribution in [0.4, 0.5) is 0 Å². The van der Waals surface area contributed by atoms with Crippen LogP contribution in [0.2, 0.25) is 0 Å². The minimum Gasteiger partial charge on any atom is -0.360 e. The van der Waals surface area contributed by atoms with Crippen LogP contribution in [-0.4, -0.2) is 38.2 Å². The molecule has 0 N–H and O–H groups in total. The van der Waals surface area contributed by atoms with Gasteiger partial charge in [-0.25, -0.2) is 4.68 Å². The molecule has 128 valence electrons. The van der Waals surface area contributed by atoms with Crippen LogP contribution in [0.1, 0.15) is 35.6 Å². The summed E-state index contributed by atoms with van der Waals surface area (Å²) in [6.07, 6.45) is 3.20. The zero-order valence-electron chi connectivity index (χ0n) is 13.9. The Morgan fingerprint density at radius 3 is 3.17 bits per heavy atom. The predicted octanol–water partition coefficient (Wildman–Crippen LogP) is 1.99. The van der Waals surface area contributed by atoms with Crippen LogP contribution in [0.15, 0.2) is 21.5 Å². The number of rotatable bonds is 4. The minimum absolute atomic E-state index is 0.0265. The lowest BCUT2D eigenvalue weighted by Gasteiger charge is -2.24. The molecule has 4 rings (SSSR count). The highest BCUT2D eigenvalue weighted by Gasteiger charge is 2.27. The van der Waals surface area contributed by atoms with Crippen molar-refractivity contribution in [3.63, 3.8) is 0 Å². The Balaban J connectivity index is 1.50. The third-order valence-electron chi connectivity index (χ3n) is 4.82. The maximum Gasteiger partial charge on any atom is 0.267 e. The van der Waals surface area contributed by atoms with Crippen molar-refractivity contribution in [2.75, 3.05) is 12.3 Å². The SMILES string of the molecule is Cc1cc(CN2CCCC2Cn2nc3c(cc2=O)CSCC3)on1. The summed E-state index contributed by atoms with van der Waals surface area (Å²) in [6.45, 7) is 4.37. The van der Waals surface area contributed by atoms with Gasteiger partial charge in [0.15, 0.2) is 5.76 Å². The first kappa shape index (κ1) is 15.9. The fraction of sp³-hybridized carbons (Fsp3) is 0.588. The Morgan fingerprint density at radius 2 is 2.33 bits per heavy atom. The largest absolute Gasteiger partial charge is 0.360 e. The van der Waals surface area contributed by atoms with Gasteiger partial charge in [0.1, 0.15) is 0 Å². The molecular weight excluding hydrogens is 324 g/mol. The van der Waals surface area contributed by atoms with E-state index in [-0.39, 0.29) is 5.56 Å². The molecular formula is C17H22N4O2S. The van der Waals surface area contributed by atoms with E-state index >= 15 is 0 Å². The van der Waals surface area contributed by atoms with Gasteiger partial charge in [0, 0.05) is 30.3 Å². The lowest BCUT2D eigenvalue weighted by atomic mass is 10.2. The number of likely N-dealkylation sites (tertiary alicyclic amines) is 1. The maximum atomic E-state index is 12.4. The highest BCUT2D eigenvalue weighted by atomic mass is 32.2. The summed E-state index contributed by atoms with van der Waals surface area (Å²) in [5.41, 5.74) is 3.15. The summed E-state index contributed by atoms with van der Waals surface area (Å²) in [5.74, 6) is 2.90. The van der Waals surface area contributed by atoms with Crippen molar-refractivity contribution >= 4 is 11.8 Å². The molecule has 2 aliphatic rings. The van der Waals surface area contributed by atoms with Crippen molar-refractivity contribution in [1.29, 1.82) is 0 Å². The molecule has 1 unspecified atom stereocenters. The summed E-state index contributed by atoms with van der Waals surface area (Å²) in [4.78, 5) is 14.8. The molecule has 2 aromatic heterocycles. The van der Waals surface area contributed by atoms with Crippen molar-refractivity contribution in [2.24, 2.45) is 0 Å². The zero-order valence-corrected chi connectivity index (χ0v) is 14.7. The number of fused-ring (bicyclic) bond motifs is 1. The average molecular weight is 346 g/mol. The van der Waals surface area contributed by atoms with E-state index in [2.05, 4.69) is 15.2 Å². The lowest BCUT2D eigenvalue weighted by molar-refractivity contribution is 0.193. The van der Waals surface area contributed by atoms with Crippen molar-refractivity contribution < 1.29 is 4.52 Å². The van der Waals surface area contributed by atoms with E-state index in [0.29, 0.717) is 12.6 Å². The molecule has 0 amide bonds. The Morgan fingerprint density at radius 1 is 1.42 bits per heavy atom. The van der Waals surface area contributed by atoms with E-state index in [1.165, 1.54) is 0 Å². The molecule has 0 radical (unpaired) electrons. The fourth-order valence-electron chi connectivity index (χ4n) is 3.58. The van der Waals surface area contributed by atoms with Gasteiger partial charge in [-0.1, -0.05) is 5.16 Å². The Hall–Kier alpha value is -1.60. The molecule has 2 aliphatic heterocycles. The van der Waals surface area contributed by atoms with Gasteiger partial charge < -0.3 is 4.52 Å². The minimum atomic E-state index is 0.0265. The standard InChI is InChI=1S/C17H22N4O2S/c1-12-7-15(23-19-12)10-20-5-2-3-14(20)9-21-17(22)8-13-11-24-6-4-16(13)18-21/h7-8,14H,2-6,9-11H2,1H3. The third-order valence-corrected chi connectivity index (χ3v) is 5.83. The molecule has 4 heterocycles. The molecule has 24 heavy (non-hydrogen) atoms. The molecule has 6 nitrogen and oxygen atoms in total. The summed E-state index contributed by atoms with van der Waals surface area (Å²) in [6, 6.07) is 4.10. The summed E-state index contributed by atoms with van der Waals surface area (Å²) >= 11 is 1.88. The van der Waals surface area contributed by atoms with Crippen molar-refractivity contribution in [1.82, 2.24) is 19.8 Å². The first-order valence-electron chi connectivity index (χ1n) is 8.53. The first-order chi connectivity index (χ1) is 11.7. The smallest absolute Gasteiger partial charge is 0.267 e. The topological polar surface area (TPSA) is 64.2 Å². The Labute approximate surface area is 145 Å². The van der Waals surface area contributed by atoms with Gasteiger partial charge in [-0.2, -0.15) is 16.9 Å². The zero-order chi connectivity index (χ0) is 16.5. The molecule has 0 bridgehead atoms. The summed E-state index contributed by atoms with van der Waals surface area (Å²) < 4.78 is 7.01. The van der Waals surface area contributed by atoms with E-state index in [4.69, 9.17) is 4.52 Å². The highest BCUT2D eigenvalue weighted by molar-refractivity contribution is 7.98. The van der Waals surface area contributed by atoms with Crippen LogP contribution in [0.25, 0.3) is 0 Å². The Bertz CT molecular complexity index is 785. The van der Waals surface area contributed by atoms with Gasteiger partial charge in [0.2, 0.25) is 0 Å². The number of nitrogens with zero attached hydrogens (tertiary/aromatic N) is 4. The molecule has 1 saturated heterocycles. The van der Waals surface area contributed by atoms with Gasteiger partial charge in [-0.3, -0.25) is 9.69 Å². The second-order valence-corrected chi connectivity index (χ2v) is 7.75. The summed E-state index contributed by atoms with van der Waals surface area (Å²) in [5, 5.41) is 8.61. The van der Waals surface area contributed by atoms with Crippen LogP contribution in [0, 0.1) is 6.92 Å². The second-order valence-electron chi connectivity index (χ2n) is 6.64. The van der Waals surface area contributed by atoms with Crippen molar-refractivity contribution in [3.05, 3.63) is 45.2 Å².